The number of piperidine rings is 2. The first-order valence-corrected chi connectivity index (χ1v) is 11.0. The number of likely N-dealkylation sites (tertiary alicyclic amines) is 2. The molecule has 1 atom stereocenters. The van der Waals surface area contributed by atoms with E-state index in [1.165, 1.54) is 6.42 Å². The topological polar surface area (TPSA) is 71.3 Å². The average molecular weight is 410 g/mol. The van der Waals surface area contributed by atoms with Crippen LogP contribution in [0.15, 0.2) is 41.5 Å². The van der Waals surface area contributed by atoms with Crippen molar-refractivity contribution in [2.24, 2.45) is 11.8 Å². The van der Waals surface area contributed by atoms with Crippen LogP contribution in [0.1, 0.15) is 32.6 Å². The van der Waals surface area contributed by atoms with Gasteiger partial charge in [0, 0.05) is 57.1 Å². The third kappa shape index (κ3) is 5.14. The van der Waals surface area contributed by atoms with Crippen molar-refractivity contribution in [1.29, 1.82) is 0 Å². The zero-order chi connectivity index (χ0) is 20.9. The minimum atomic E-state index is -0.0400. The Bertz CT molecular complexity index is 905. The molecule has 1 unspecified atom stereocenters. The Labute approximate surface area is 177 Å². The minimum Gasteiger partial charge on any atom is -0.343 e. The molecule has 0 saturated carbocycles. The number of nitrogens with zero attached hydrogens (tertiary/aromatic N) is 5. The summed E-state index contributed by atoms with van der Waals surface area (Å²) in [5.74, 6) is 1.25. The number of pyridine rings is 1. The summed E-state index contributed by atoms with van der Waals surface area (Å²) in [6.07, 6.45) is 7.97. The highest BCUT2D eigenvalue weighted by molar-refractivity contribution is 5.73. The molecule has 4 heterocycles. The molecule has 160 valence electrons. The quantitative estimate of drug-likeness (QED) is 0.758. The van der Waals surface area contributed by atoms with Crippen LogP contribution in [0.25, 0.3) is 11.3 Å². The fourth-order valence-corrected chi connectivity index (χ4v) is 4.72. The van der Waals surface area contributed by atoms with Crippen molar-refractivity contribution >= 4 is 5.91 Å². The summed E-state index contributed by atoms with van der Waals surface area (Å²) in [5.41, 5.74) is 1.74. The Morgan fingerprint density at radius 2 is 1.77 bits per heavy atom. The summed E-state index contributed by atoms with van der Waals surface area (Å²) >= 11 is 0. The van der Waals surface area contributed by atoms with Gasteiger partial charge in [-0.2, -0.15) is 5.10 Å². The number of rotatable bonds is 5. The van der Waals surface area contributed by atoms with E-state index in [9.17, 15) is 9.59 Å². The standard InChI is InChI=1S/C23H31N5O2/c1-18(29)27-12-2-3-20(16-27)15-26-13-8-19(9-14-26)17-28-23(30)5-4-22(25-28)21-6-10-24-11-7-21/h4-7,10-11,19-20H,2-3,8-9,12-17H2,1H3. The van der Waals surface area contributed by atoms with Crippen LogP contribution in [-0.4, -0.2) is 63.2 Å². The highest BCUT2D eigenvalue weighted by atomic mass is 16.2. The molecule has 2 aliphatic heterocycles. The first-order valence-electron chi connectivity index (χ1n) is 11.0. The number of carbonyl (C=O) groups is 1. The van der Waals surface area contributed by atoms with Gasteiger partial charge in [-0.05, 0) is 68.8 Å². The highest BCUT2D eigenvalue weighted by Crippen LogP contribution is 2.23. The molecule has 2 aliphatic rings. The Morgan fingerprint density at radius 1 is 1.00 bits per heavy atom. The van der Waals surface area contributed by atoms with Crippen molar-refractivity contribution in [2.75, 3.05) is 32.7 Å². The summed E-state index contributed by atoms with van der Waals surface area (Å²) in [4.78, 5) is 32.6. The van der Waals surface area contributed by atoms with Crippen molar-refractivity contribution in [3.63, 3.8) is 0 Å². The van der Waals surface area contributed by atoms with E-state index in [2.05, 4.69) is 15.0 Å². The largest absolute Gasteiger partial charge is 0.343 e. The lowest BCUT2D eigenvalue weighted by Crippen LogP contribution is -2.45. The fraction of sp³-hybridized carbons (Fsp3) is 0.565. The van der Waals surface area contributed by atoms with Crippen LogP contribution in [0.5, 0.6) is 0 Å². The molecule has 1 amide bonds. The Kier molecular flexibility index (Phi) is 6.57. The van der Waals surface area contributed by atoms with E-state index in [1.807, 2.05) is 17.0 Å². The van der Waals surface area contributed by atoms with Crippen molar-refractivity contribution in [3.8, 4) is 11.3 Å². The van der Waals surface area contributed by atoms with Crippen molar-refractivity contribution in [3.05, 3.63) is 47.0 Å². The molecule has 2 saturated heterocycles. The van der Waals surface area contributed by atoms with Gasteiger partial charge in [0.15, 0.2) is 0 Å². The number of amides is 1. The van der Waals surface area contributed by atoms with Crippen LogP contribution in [0, 0.1) is 11.8 Å². The molecule has 4 rings (SSSR count). The van der Waals surface area contributed by atoms with E-state index in [4.69, 9.17) is 0 Å². The number of hydrogen-bond acceptors (Lipinski definition) is 5. The molecule has 0 bridgehead atoms. The first-order chi connectivity index (χ1) is 14.6. The van der Waals surface area contributed by atoms with Crippen LogP contribution in [-0.2, 0) is 11.3 Å². The van der Waals surface area contributed by atoms with Crippen LogP contribution in [0.3, 0.4) is 0 Å². The van der Waals surface area contributed by atoms with Gasteiger partial charge >= 0.3 is 0 Å². The van der Waals surface area contributed by atoms with Crippen LogP contribution in [0.4, 0.5) is 0 Å². The van der Waals surface area contributed by atoms with E-state index in [0.717, 1.165) is 63.2 Å². The minimum absolute atomic E-state index is 0.0400. The molecule has 2 aromatic heterocycles. The zero-order valence-corrected chi connectivity index (χ0v) is 17.7. The maximum atomic E-state index is 12.3. The number of carbonyl (C=O) groups excluding carboxylic acids is 1. The molecule has 0 radical (unpaired) electrons. The van der Waals surface area contributed by atoms with E-state index in [-0.39, 0.29) is 11.5 Å². The molecular weight excluding hydrogens is 378 g/mol. The lowest BCUT2D eigenvalue weighted by molar-refractivity contribution is -0.130. The van der Waals surface area contributed by atoms with Crippen molar-refractivity contribution in [2.45, 2.75) is 39.2 Å². The van der Waals surface area contributed by atoms with E-state index in [0.29, 0.717) is 18.4 Å². The molecule has 0 aliphatic carbocycles. The molecular formula is C23H31N5O2. The van der Waals surface area contributed by atoms with Gasteiger partial charge < -0.3 is 9.80 Å². The molecule has 30 heavy (non-hydrogen) atoms. The molecule has 0 N–H and O–H groups in total. The molecule has 0 spiro atoms. The van der Waals surface area contributed by atoms with E-state index in [1.54, 1.807) is 36.1 Å². The first kappa shape index (κ1) is 20.7. The monoisotopic (exact) mass is 409 g/mol. The second-order valence-electron chi connectivity index (χ2n) is 8.69. The predicted molar refractivity (Wildman–Crippen MR) is 116 cm³/mol. The van der Waals surface area contributed by atoms with Gasteiger partial charge in [-0.25, -0.2) is 4.68 Å². The lowest BCUT2D eigenvalue weighted by Gasteiger charge is -2.38. The average Bonchev–Trinajstić information content (AvgIpc) is 2.77. The summed E-state index contributed by atoms with van der Waals surface area (Å²) < 4.78 is 1.63. The van der Waals surface area contributed by atoms with Crippen LogP contribution < -0.4 is 5.56 Å². The van der Waals surface area contributed by atoms with Gasteiger partial charge in [0.2, 0.25) is 5.91 Å². The normalized spacial score (nSPS) is 21.0. The second-order valence-corrected chi connectivity index (χ2v) is 8.69. The summed E-state index contributed by atoms with van der Waals surface area (Å²) in [5, 5.41) is 4.60. The number of aromatic nitrogens is 3. The second kappa shape index (κ2) is 9.51. The van der Waals surface area contributed by atoms with Gasteiger partial charge in [-0.15, -0.1) is 0 Å². The molecule has 7 heteroatoms. The molecule has 2 aromatic rings. The highest BCUT2D eigenvalue weighted by Gasteiger charge is 2.26. The van der Waals surface area contributed by atoms with E-state index >= 15 is 0 Å². The van der Waals surface area contributed by atoms with Crippen LogP contribution in [0.2, 0.25) is 0 Å². The fourth-order valence-electron chi connectivity index (χ4n) is 4.72. The SMILES string of the molecule is CC(=O)N1CCCC(CN2CCC(Cn3nc(-c4ccncc4)ccc3=O)CC2)C1. The third-order valence-electron chi connectivity index (χ3n) is 6.46. The summed E-state index contributed by atoms with van der Waals surface area (Å²) in [6, 6.07) is 7.22. The van der Waals surface area contributed by atoms with Gasteiger partial charge in [0.1, 0.15) is 0 Å². The Balaban J connectivity index is 1.31. The molecule has 2 fully saturated rings. The van der Waals surface area contributed by atoms with Crippen molar-refractivity contribution < 1.29 is 4.79 Å². The molecule has 0 aromatic carbocycles. The van der Waals surface area contributed by atoms with Gasteiger partial charge in [0.25, 0.3) is 5.56 Å². The van der Waals surface area contributed by atoms with Crippen molar-refractivity contribution in [1.82, 2.24) is 24.6 Å². The van der Waals surface area contributed by atoms with Gasteiger partial charge in [0.05, 0.1) is 5.69 Å². The number of hydrogen-bond donors (Lipinski definition) is 0. The van der Waals surface area contributed by atoms with E-state index < -0.39 is 0 Å². The lowest BCUT2D eigenvalue weighted by atomic mass is 9.93. The van der Waals surface area contributed by atoms with Gasteiger partial charge in [-0.3, -0.25) is 14.6 Å². The Morgan fingerprint density at radius 3 is 2.50 bits per heavy atom. The summed E-state index contributed by atoms with van der Waals surface area (Å²) in [7, 11) is 0. The maximum absolute atomic E-state index is 12.3. The maximum Gasteiger partial charge on any atom is 0.266 e. The molecule has 7 nitrogen and oxygen atoms in total. The summed E-state index contributed by atoms with van der Waals surface area (Å²) in [6.45, 7) is 7.34. The van der Waals surface area contributed by atoms with Crippen LogP contribution >= 0.6 is 0 Å². The smallest absolute Gasteiger partial charge is 0.266 e. The zero-order valence-electron chi connectivity index (χ0n) is 17.7. The third-order valence-corrected chi connectivity index (χ3v) is 6.46. The predicted octanol–water partition coefficient (Wildman–Crippen LogP) is 2.28. The Hall–Kier alpha value is -2.54. The van der Waals surface area contributed by atoms with Gasteiger partial charge in [-0.1, -0.05) is 0 Å².